The van der Waals surface area contributed by atoms with Crippen molar-refractivity contribution >= 4 is 51.9 Å². The fourth-order valence-corrected chi connectivity index (χ4v) is 4.55. The van der Waals surface area contributed by atoms with Gasteiger partial charge in [0, 0.05) is 18.7 Å². The lowest BCUT2D eigenvalue weighted by atomic mass is 10.2. The molecule has 0 spiro atoms. The van der Waals surface area contributed by atoms with Gasteiger partial charge in [0.05, 0.1) is 10.5 Å². The minimum Gasteiger partial charge on any atom is -0.454 e. The fourth-order valence-electron chi connectivity index (χ4n) is 3.24. The van der Waals surface area contributed by atoms with Crippen molar-refractivity contribution in [1.29, 1.82) is 0 Å². The van der Waals surface area contributed by atoms with Gasteiger partial charge in [-0.1, -0.05) is 36.1 Å². The lowest BCUT2D eigenvalue weighted by Gasteiger charge is -2.14. The van der Waals surface area contributed by atoms with E-state index in [0.717, 1.165) is 29.5 Å². The van der Waals surface area contributed by atoms with E-state index in [2.05, 4.69) is 5.32 Å². The summed E-state index contributed by atoms with van der Waals surface area (Å²) in [6.07, 6.45) is -2.46. The van der Waals surface area contributed by atoms with Gasteiger partial charge in [0.15, 0.2) is 11.5 Å². The normalized spacial score (nSPS) is 16.6. The van der Waals surface area contributed by atoms with Crippen molar-refractivity contribution in [2.45, 2.75) is 19.0 Å². The van der Waals surface area contributed by atoms with Crippen molar-refractivity contribution in [3.63, 3.8) is 0 Å². The summed E-state index contributed by atoms with van der Waals surface area (Å²) in [5.41, 5.74) is -0.0144. The third-order valence-electron chi connectivity index (χ3n) is 4.83. The molecule has 2 aliphatic heterocycles. The number of hydrogen-bond acceptors (Lipinski definition) is 6. The van der Waals surface area contributed by atoms with E-state index in [4.69, 9.17) is 21.7 Å². The molecule has 0 bridgehead atoms. The Morgan fingerprint density at radius 2 is 1.97 bits per heavy atom. The zero-order valence-electron chi connectivity index (χ0n) is 17.0. The molecule has 2 aromatic carbocycles. The molecule has 0 unspecified atom stereocenters. The number of alkyl halides is 3. The number of benzene rings is 2. The summed E-state index contributed by atoms with van der Waals surface area (Å²) in [7, 11) is 0. The minimum absolute atomic E-state index is 0.0223. The molecule has 1 fully saturated rings. The molecule has 0 aromatic heterocycles. The number of carbonyl (C=O) groups is 2. The highest BCUT2D eigenvalue weighted by Gasteiger charge is 2.32. The van der Waals surface area contributed by atoms with Crippen LogP contribution >= 0.6 is 24.0 Å². The number of fused-ring (bicyclic) bond motifs is 1. The summed E-state index contributed by atoms with van der Waals surface area (Å²) in [4.78, 5) is 26.7. The highest BCUT2D eigenvalue weighted by molar-refractivity contribution is 8.26. The average molecular weight is 495 g/mol. The first-order chi connectivity index (χ1) is 15.7. The van der Waals surface area contributed by atoms with Crippen LogP contribution in [0.15, 0.2) is 47.4 Å². The van der Waals surface area contributed by atoms with Crippen LogP contribution in [-0.4, -0.2) is 34.4 Å². The van der Waals surface area contributed by atoms with Crippen molar-refractivity contribution in [3.8, 4) is 11.5 Å². The van der Waals surface area contributed by atoms with Crippen LogP contribution in [0.25, 0.3) is 6.08 Å². The smallest absolute Gasteiger partial charge is 0.416 e. The van der Waals surface area contributed by atoms with Crippen molar-refractivity contribution in [1.82, 2.24) is 4.90 Å². The van der Waals surface area contributed by atoms with Crippen molar-refractivity contribution in [2.24, 2.45) is 0 Å². The highest BCUT2D eigenvalue weighted by Crippen LogP contribution is 2.36. The Labute approximate surface area is 196 Å². The summed E-state index contributed by atoms with van der Waals surface area (Å²) >= 11 is 6.46. The SMILES string of the molecule is O=C(CCCN1C(=O)/C(=C/c2ccc3c(c2)OCO3)SC1=S)Nc1cccc(C(F)(F)F)c1. The van der Waals surface area contributed by atoms with E-state index in [-0.39, 0.29) is 31.4 Å². The Bertz CT molecular complexity index is 1150. The van der Waals surface area contributed by atoms with Gasteiger partial charge in [-0.3, -0.25) is 14.5 Å². The molecular formula is C22H17F3N2O4S2. The second-order valence-corrected chi connectivity index (χ2v) is 8.85. The summed E-state index contributed by atoms with van der Waals surface area (Å²) in [5, 5.41) is 2.45. The number of hydrogen-bond donors (Lipinski definition) is 1. The van der Waals surface area contributed by atoms with E-state index in [1.165, 1.54) is 17.0 Å². The molecule has 6 nitrogen and oxygen atoms in total. The predicted molar refractivity (Wildman–Crippen MR) is 122 cm³/mol. The van der Waals surface area contributed by atoms with E-state index in [1.807, 2.05) is 0 Å². The highest BCUT2D eigenvalue weighted by atomic mass is 32.2. The second-order valence-electron chi connectivity index (χ2n) is 7.18. The van der Waals surface area contributed by atoms with Crippen LogP contribution in [0.1, 0.15) is 24.0 Å². The Morgan fingerprint density at radius 3 is 2.76 bits per heavy atom. The number of nitrogens with zero attached hydrogens (tertiary/aromatic N) is 1. The number of rotatable bonds is 6. The number of thioether (sulfide) groups is 1. The lowest BCUT2D eigenvalue weighted by Crippen LogP contribution is -2.29. The maximum Gasteiger partial charge on any atom is 0.416 e. The number of ether oxygens (including phenoxy) is 2. The van der Waals surface area contributed by atoms with E-state index >= 15 is 0 Å². The van der Waals surface area contributed by atoms with Crippen LogP contribution in [-0.2, 0) is 15.8 Å². The van der Waals surface area contributed by atoms with Crippen LogP contribution in [0.2, 0.25) is 0 Å². The van der Waals surface area contributed by atoms with Crippen molar-refractivity contribution in [3.05, 3.63) is 58.5 Å². The van der Waals surface area contributed by atoms with Gasteiger partial charge in [-0.05, 0) is 48.4 Å². The van der Waals surface area contributed by atoms with Crippen molar-refractivity contribution in [2.75, 3.05) is 18.7 Å². The molecule has 2 heterocycles. The van der Waals surface area contributed by atoms with Crippen LogP contribution in [0.5, 0.6) is 11.5 Å². The van der Waals surface area contributed by atoms with Gasteiger partial charge < -0.3 is 14.8 Å². The Hall–Kier alpha value is -3.05. The van der Waals surface area contributed by atoms with E-state index < -0.39 is 17.6 Å². The molecule has 1 saturated heterocycles. The predicted octanol–water partition coefficient (Wildman–Crippen LogP) is 5.05. The van der Waals surface area contributed by atoms with Gasteiger partial charge in [0.2, 0.25) is 12.7 Å². The topological polar surface area (TPSA) is 67.9 Å². The summed E-state index contributed by atoms with van der Waals surface area (Å²) in [5.74, 6) is 0.533. The first kappa shape index (κ1) is 23.1. The second kappa shape index (κ2) is 9.44. The van der Waals surface area contributed by atoms with Crippen molar-refractivity contribution < 1.29 is 32.2 Å². The van der Waals surface area contributed by atoms with E-state index in [0.29, 0.717) is 27.1 Å². The maximum absolute atomic E-state index is 12.8. The number of amides is 2. The third-order valence-corrected chi connectivity index (χ3v) is 6.20. The van der Waals surface area contributed by atoms with Crippen LogP contribution < -0.4 is 14.8 Å². The van der Waals surface area contributed by atoms with Gasteiger partial charge in [0.1, 0.15) is 4.32 Å². The third kappa shape index (κ3) is 5.48. The molecule has 0 radical (unpaired) electrons. The molecule has 2 aliphatic rings. The number of carbonyl (C=O) groups excluding carboxylic acids is 2. The Kier molecular flexibility index (Phi) is 6.61. The number of anilines is 1. The number of halogens is 3. The Balaban J connectivity index is 1.31. The quantitative estimate of drug-likeness (QED) is 0.448. The van der Waals surface area contributed by atoms with E-state index in [9.17, 15) is 22.8 Å². The van der Waals surface area contributed by atoms with Crippen LogP contribution in [0.4, 0.5) is 18.9 Å². The molecular weight excluding hydrogens is 477 g/mol. The molecule has 1 N–H and O–H groups in total. The van der Waals surface area contributed by atoms with Crippen LogP contribution in [0.3, 0.4) is 0 Å². The van der Waals surface area contributed by atoms with Gasteiger partial charge in [0.25, 0.3) is 5.91 Å². The lowest BCUT2D eigenvalue weighted by molar-refractivity contribution is -0.137. The standard InChI is InChI=1S/C22H17F3N2O4S2/c23-22(24,25)14-3-1-4-15(11-14)26-19(28)5-2-8-27-20(29)18(33-21(27)32)10-13-6-7-16-17(9-13)31-12-30-16/h1,3-4,6-7,9-11H,2,5,8,12H2,(H,26,28)/b18-10-. The van der Waals surface area contributed by atoms with Gasteiger partial charge in [-0.2, -0.15) is 13.2 Å². The zero-order valence-corrected chi connectivity index (χ0v) is 18.6. The summed E-state index contributed by atoms with van der Waals surface area (Å²) in [6.45, 7) is 0.376. The molecule has 172 valence electrons. The van der Waals surface area contributed by atoms with Gasteiger partial charge in [-0.25, -0.2) is 0 Å². The number of thiocarbonyl (C=S) groups is 1. The Morgan fingerprint density at radius 1 is 1.18 bits per heavy atom. The maximum atomic E-state index is 12.8. The fraction of sp³-hybridized carbons (Fsp3) is 0.227. The molecule has 0 saturated carbocycles. The molecule has 11 heteroatoms. The average Bonchev–Trinajstić information content (AvgIpc) is 3.32. The number of nitrogens with one attached hydrogen (secondary N) is 1. The first-order valence-corrected chi connectivity index (χ1v) is 11.1. The largest absolute Gasteiger partial charge is 0.454 e. The molecule has 2 amide bonds. The van der Waals surface area contributed by atoms with E-state index in [1.54, 1.807) is 24.3 Å². The monoisotopic (exact) mass is 494 g/mol. The van der Waals surface area contributed by atoms with Crippen LogP contribution in [0, 0.1) is 0 Å². The first-order valence-electron chi connectivity index (χ1n) is 9.83. The van der Waals surface area contributed by atoms with Gasteiger partial charge in [-0.15, -0.1) is 0 Å². The molecule has 0 atom stereocenters. The zero-order chi connectivity index (χ0) is 23.6. The van der Waals surface area contributed by atoms with Gasteiger partial charge >= 0.3 is 6.18 Å². The molecule has 0 aliphatic carbocycles. The molecule has 33 heavy (non-hydrogen) atoms. The summed E-state index contributed by atoms with van der Waals surface area (Å²) < 4.78 is 49.4. The summed E-state index contributed by atoms with van der Waals surface area (Å²) in [6, 6.07) is 9.76. The minimum atomic E-state index is -4.49. The molecule has 4 rings (SSSR count). The molecule has 2 aromatic rings.